The molecule has 0 aliphatic carbocycles. The Labute approximate surface area is 242 Å². The van der Waals surface area contributed by atoms with Crippen molar-refractivity contribution in [2.24, 2.45) is 9.98 Å². The van der Waals surface area contributed by atoms with Gasteiger partial charge in [0, 0.05) is 11.6 Å². The van der Waals surface area contributed by atoms with Gasteiger partial charge in [-0.1, -0.05) is 42.5 Å². The maximum absolute atomic E-state index is 14.2. The molecule has 9 heteroatoms. The van der Waals surface area contributed by atoms with Crippen molar-refractivity contribution >= 4 is 34.6 Å². The topological polar surface area (TPSA) is 76.3 Å². The Kier molecular flexibility index (Phi) is 6.19. The van der Waals surface area contributed by atoms with Crippen molar-refractivity contribution in [3.8, 4) is 17.2 Å². The normalized spacial score (nSPS) is 15.1. The fourth-order valence-corrected chi connectivity index (χ4v) is 5.54. The molecule has 208 valence electrons. The number of aromatic nitrogens is 2. The average Bonchev–Trinajstić information content (AvgIpc) is 3.37. The number of nitrogens with zero attached hydrogens (tertiary/aromatic N) is 5. The summed E-state index contributed by atoms with van der Waals surface area (Å²) in [6.07, 6.45) is 0. The van der Waals surface area contributed by atoms with Gasteiger partial charge in [0.15, 0.2) is 17.5 Å². The van der Waals surface area contributed by atoms with Crippen molar-refractivity contribution < 1.29 is 13.9 Å². The molecule has 8 nitrogen and oxygen atoms in total. The number of hydrogen-bond acceptors (Lipinski definition) is 7. The highest BCUT2D eigenvalue weighted by atomic mass is 19.1. The fourth-order valence-electron chi connectivity index (χ4n) is 5.54. The van der Waals surface area contributed by atoms with Crippen LogP contribution in [-0.4, -0.2) is 35.7 Å². The Bertz CT molecular complexity index is 1860. The van der Waals surface area contributed by atoms with Crippen molar-refractivity contribution in [1.29, 1.82) is 0 Å². The molecule has 3 heterocycles. The largest absolute Gasteiger partial charge is 0.497 e. The van der Waals surface area contributed by atoms with Crippen molar-refractivity contribution in [2.45, 2.75) is 13.0 Å². The van der Waals surface area contributed by atoms with Crippen LogP contribution in [0.4, 0.5) is 27.3 Å². The minimum atomic E-state index is -0.350. The number of hydrogen-bond donors (Lipinski definition) is 1. The molecule has 0 fully saturated rings. The van der Waals surface area contributed by atoms with Crippen molar-refractivity contribution in [1.82, 2.24) is 9.78 Å². The van der Waals surface area contributed by atoms with Crippen molar-refractivity contribution in [3.63, 3.8) is 0 Å². The zero-order valence-corrected chi connectivity index (χ0v) is 23.2. The van der Waals surface area contributed by atoms with Gasteiger partial charge in [-0.2, -0.15) is 5.10 Å². The number of benzene rings is 4. The van der Waals surface area contributed by atoms with E-state index >= 15 is 0 Å². The summed E-state index contributed by atoms with van der Waals surface area (Å²) in [6.45, 7) is 1.99. The molecule has 0 bridgehead atoms. The molecule has 5 aromatic rings. The molecule has 1 atom stereocenters. The molecule has 0 radical (unpaired) electrons. The summed E-state index contributed by atoms with van der Waals surface area (Å²) in [7, 11) is 3.23. The highest BCUT2D eigenvalue weighted by Gasteiger charge is 2.41. The average molecular weight is 559 g/mol. The molecule has 1 N–H and O–H groups in total. The quantitative estimate of drug-likeness (QED) is 0.248. The molecular formula is C33H27FN6O2. The summed E-state index contributed by atoms with van der Waals surface area (Å²) < 4.78 is 27.1. The predicted octanol–water partition coefficient (Wildman–Crippen LogP) is 7.13. The molecule has 7 rings (SSSR count). The maximum Gasteiger partial charge on any atom is 0.179 e. The van der Waals surface area contributed by atoms with Crippen LogP contribution >= 0.6 is 0 Å². The molecular weight excluding hydrogens is 531 g/mol. The standard InChI is InChI=1S/C33H27FN6O2/c1-20-29-30(21-13-15-22(34)16-14-21)39-27-12-8-7-11-25(27)35-31(36-26-18-17-24(41-2)19-28(26)42-3)33(39)37-32(29)40(38-20)23-9-5-4-6-10-23/h4-19,30H,1-3H3,(H,35,36). The van der Waals surface area contributed by atoms with Crippen LogP contribution in [0.15, 0.2) is 107 Å². The summed E-state index contributed by atoms with van der Waals surface area (Å²) >= 11 is 0. The number of anilines is 2. The molecule has 42 heavy (non-hydrogen) atoms. The van der Waals surface area contributed by atoms with Gasteiger partial charge in [-0.25, -0.2) is 19.1 Å². The molecule has 0 saturated heterocycles. The molecule has 1 aromatic heterocycles. The number of halogens is 1. The Hall–Kier alpha value is -5.44. The third-order valence-electron chi connectivity index (χ3n) is 7.49. The smallest absolute Gasteiger partial charge is 0.179 e. The zero-order chi connectivity index (χ0) is 28.8. The number of rotatable bonds is 5. The van der Waals surface area contributed by atoms with Crippen LogP contribution in [0.3, 0.4) is 0 Å². The van der Waals surface area contributed by atoms with Gasteiger partial charge in [0.05, 0.1) is 48.7 Å². The maximum atomic E-state index is 14.2. The Balaban J connectivity index is 1.48. The minimum absolute atomic E-state index is 0.296. The van der Waals surface area contributed by atoms with Crippen molar-refractivity contribution in [2.75, 3.05) is 24.4 Å². The first kappa shape index (κ1) is 25.5. The van der Waals surface area contributed by atoms with E-state index < -0.39 is 0 Å². The lowest BCUT2D eigenvalue weighted by atomic mass is 9.93. The number of fused-ring (bicyclic) bond motifs is 4. The Morgan fingerprint density at radius 2 is 1.60 bits per heavy atom. The van der Waals surface area contributed by atoms with Gasteiger partial charge in [-0.15, -0.1) is 0 Å². The van der Waals surface area contributed by atoms with E-state index in [1.165, 1.54) is 12.1 Å². The number of methoxy groups -OCH3 is 2. The minimum Gasteiger partial charge on any atom is -0.497 e. The van der Waals surface area contributed by atoms with Crippen LogP contribution in [0.25, 0.3) is 5.69 Å². The lowest BCUT2D eigenvalue weighted by molar-refractivity contribution is 0.395. The van der Waals surface area contributed by atoms with E-state index in [2.05, 4.69) is 10.2 Å². The summed E-state index contributed by atoms with van der Waals surface area (Å²) in [5.41, 5.74) is 5.92. The fraction of sp³-hybridized carbons (Fsp3) is 0.121. The number of nitrogens with one attached hydrogen (secondary N) is 1. The van der Waals surface area contributed by atoms with Gasteiger partial charge < -0.3 is 19.7 Å². The van der Waals surface area contributed by atoms with Crippen LogP contribution in [0.1, 0.15) is 22.9 Å². The second-order valence-corrected chi connectivity index (χ2v) is 9.97. The van der Waals surface area contributed by atoms with Crippen LogP contribution < -0.4 is 19.7 Å². The highest BCUT2D eigenvalue weighted by Crippen LogP contribution is 2.48. The van der Waals surface area contributed by atoms with Crippen LogP contribution in [0, 0.1) is 12.7 Å². The van der Waals surface area contributed by atoms with Gasteiger partial charge in [0.2, 0.25) is 0 Å². The van der Waals surface area contributed by atoms with E-state index in [9.17, 15) is 4.39 Å². The van der Waals surface area contributed by atoms with E-state index in [0.717, 1.165) is 33.9 Å². The van der Waals surface area contributed by atoms with E-state index in [1.807, 2.05) is 96.5 Å². The van der Waals surface area contributed by atoms with Gasteiger partial charge in [-0.05, 0) is 61.0 Å². The SMILES string of the molecule is COc1ccc(NC2=Nc3ccccc3N3C2=Nc2c(c(C)nn2-c2ccccc2)C3c2ccc(F)cc2)c(OC)c1. The summed E-state index contributed by atoms with van der Waals surface area (Å²) in [5, 5.41) is 8.42. The van der Waals surface area contributed by atoms with Gasteiger partial charge in [0.25, 0.3) is 0 Å². The Morgan fingerprint density at radius 3 is 2.36 bits per heavy atom. The summed E-state index contributed by atoms with van der Waals surface area (Å²) in [4.78, 5) is 12.4. The number of ether oxygens (including phenoxy) is 2. The van der Waals surface area contributed by atoms with Gasteiger partial charge >= 0.3 is 0 Å². The zero-order valence-electron chi connectivity index (χ0n) is 23.2. The second-order valence-electron chi connectivity index (χ2n) is 9.97. The number of aryl methyl sites for hydroxylation is 1. The molecule has 2 aliphatic heterocycles. The van der Waals surface area contributed by atoms with Crippen molar-refractivity contribution in [3.05, 3.63) is 120 Å². The monoisotopic (exact) mass is 558 g/mol. The van der Waals surface area contributed by atoms with E-state index in [1.54, 1.807) is 14.2 Å². The lowest BCUT2D eigenvalue weighted by Gasteiger charge is -2.40. The molecule has 0 spiro atoms. The third kappa shape index (κ3) is 4.17. The predicted molar refractivity (Wildman–Crippen MR) is 163 cm³/mol. The first-order chi connectivity index (χ1) is 20.6. The first-order valence-electron chi connectivity index (χ1n) is 13.5. The van der Waals surface area contributed by atoms with E-state index in [-0.39, 0.29) is 11.9 Å². The van der Waals surface area contributed by atoms with E-state index in [4.69, 9.17) is 24.6 Å². The van der Waals surface area contributed by atoms with E-state index in [0.29, 0.717) is 34.7 Å². The van der Waals surface area contributed by atoms with Crippen LogP contribution in [0.5, 0.6) is 11.5 Å². The summed E-state index contributed by atoms with van der Waals surface area (Å²) in [6, 6.07) is 29.7. The number of amidine groups is 2. The lowest BCUT2D eigenvalue weighted by Crippen LogP contribution is -2.46. The number of aliphatic imine (C=N–C) groups is 2. The summed E-state index contributed by atoms with van der Waals surface area (Å²) in [5.74, 6) is 2.80. The Morgan fingerprint density at radius 1 is 0.833 bits per heavy atom. The van der Waals surface area contributed by atoms with Gasteiger partial charge in [-0.3, -0.25) is 0 Å². The van der Waals surface area contributed by atoms with Crippen LogP contribution in [0.2, 0.25) is 0 Å². The molecule has 0 amide bonds. The molecule has 2 aliphatic rings. The third-order valence-corrected chi connectivity index (χ3v) is 7.49. The van der Waals surface area contributed by atoms with Gasteiger partial charge in [0.1, 0.15) is 17.3 Å². The molecule has 1 unspecified atom stereocenters. The second kappa shape index (κ2) is 10.2. The highest BCUT2D eigenvalue weighted by molar-refractivity contribution is 6.51. The first-order valence-corrected chi connectivity index (χ1v) is 13.5. The number of para-hydroxylation sites is 3. The molecule has 0 saturated carbocycles. The molecule has 4 aromatic carbocycles. The van der Waals surface area contributed by atoms with Crippen LogP contribution in [-0.2, 0) is 0 Å².